The highest BCUT2D eigenvalue weighted by molar-refractivity contribution is 6.48. The van der Waals surface area contributed by atoms with Gasteiger partial charge in [0.25, 0.3) is 0 Å². The van der Waals surface area contributed by atoms with Crippen molar-refractivity contribution in [2.75, 3.05) is 6.61 Å². The Bertz CT molecular complexity index is 774. The predicted molar refractivity (Wildman–Crippen MR) is 132 cm³/mol. The fourth-order valence-corrected chi connectivity index (χ4v) is 8.82. The molecule has 0 radical (unpaired) electrons. The molecule has 0 amide bonds. The molecule has 0 N–H and O–H groups in total. The minimum absolute atomic E-state index is 0.0890. The SMILES string of the molecule is C[C@@H]([C@H]1CC[C@H]2[C@@H]3C=CC4=CC(=O)CC(CO[SiH](C)C)[C@]4(C)[C@H]3CC[C@]12C)C(C)(C)C. The van der Waals surface area contributed by atoms with E-state index in [1.54, 1.807) is 0 Å². The van der Waals surface area contributed by atoms with Crippen LogP contribution in [0.15, 0.2) is 23.8 Å². The lowest BCUT2D eigenvalue weighted by Crippen LogP contribution is -2.53. The van der Waals surface area contributed by atoms with E-state index in [4.69, 9.17) is 4.43 Å². The second-order valence-corrected chi connectivity index (χ2v) is 15.6. The normalized spacial score (nSPS) is 43.3. The molecular weight excluding hydrogens is 396 g/mol. The number of ketones is 1. The summed E-state index contributed by atoms with van der Waals surface area (Å²) < 4.78 is 6.25. The van der Waals surface area contributed by atoms with Gasteiger partial charge in [0.1, 0.15) is 0 Å². The Morgan fingerprint density at radius 2 is 1.87 bits per heavy atom. The quantitative estimate of drug-likeness (QED) is 0.447. The summed E-state index contributed by atoms with van der Waals surface area (Å²) in [5.74, 6) is 4.32. The molecule has 4 aliphatic carbocycles. The highest BCUT2D eigenvalue weighted by atomic mass is 28.3. The molecule has 2 nitrogen and oxygen atoms in total. The summed E-state index contributed by atoms with van der Waals surface area (Å²) in [6.45, 7) is 20.2. The molecule has 0 heterocycles. The van der Waals surface area contributed by atoms with Gasteiger partial charge in [0.15, 0.2) is 14.8 Å². The third kappa shape index (κ3) is 3.76. The number of allylic oxidation sites excluding steroid dienone is 4. The molecule has 4 aliphatic rings. The molecule has 0 aromatic heterocycles. The van der Waals surface area contributed by atoms with Crippen LogP contribution < -0.4 is 0 Å². The maximum absolute atomic E-state index is 12.6. The van der Waals surface area contributed by atoms with Crippen molar-refractivity contribution in [3.05, 3.63) is 23.8 Å². The zero-order valence-corrected chi connectivity index (χ0v) is 22.5. The number of hydrogen-bond acceptors (Lipinski definition) is 2. The second-order valence-electron chi connectivity index (χ2n) is 13.2. The van der Waals surface area contributed by atoms with Crippen LogP contribution in [0.2, 0.25) is 13.1 Å². The average Bonchev–Trinajstić information content (AvgIpc) is 3.02. The average molecular weight is 443 g/mol. The molecule has 2 saturated carbocycles. The lowest BCUT2D eigenvalue weighted by atomic mass is 9.46. The van der Waals surface area contributed by atoms with Crippen LogP contribution in [0.1, 0.15) is 73.6 Å². The van der Waals surface area contributed by atoms with E-state index in [-0.39, 0.29) is 5.41 Å². The molecule has 174 valence electrons. The maximum atomic E-state index is 12.6. The summed E-state index contributed by atoms with van der Waals surface area (Å²) in [6.07, 6.45) is 12.9. The van der Waals surface area contributed by atoms with Gasteiger partial charge in [-0.05, 0) is 96.8 Å². The van der Waals surface area contributed by atoms with Gasteiger partial charge in [-0.15, -0.1) is 0 Å². The van der Waals surface area contributed by atoms with Crippen molar-refractivity contribution in [3.63, 3.8) is 0 Å². The number of rotatable bonds is 4. The summed E-state index contributed by atoms with van der Waals surface area (Å²) in [4.78, 5) is 12.6. The van der Waals surface area contributed by atoms with E-state index in [0.29, 0.717) is 40.8 Å². The Kier molecular flexibility index (Phi) is 6.04. The highest BCUT2D eigenvalue weighted by Gasteiger charge is 2.60. The van der Waals surface area contributed by atoms with Crippen LogP contribution in [-0.4, -0.2) is 21.4 Å². The number of hydrogen-bond donors (Lipinski definition) is 0. The van der Waals surface area contributed by atoms with Gasteiger partial charge in [-0.1, -0.05) is 53.7 Å². The molecule has 0 aliphatic heterocycles. The molecule has 0 spiro atoms. The van der Waals surface area contributed by atoms with Gasteiger partial charge < -0.3 is 4.43 Å². The fourth-order valence-electron chi connectivity index (χ4n) is 8.21. The highest BCUT2D eigenvalue weighted by Crippen LogP contribution is 2.67. The van der Waals surface area contributed by atoms with Crippen LogP contribution in [0.3, 0.4) is 0 Å². The zero-order chi connectivity index (χ0) is 22.8. The monoisotopic (exact) mass is 442 g/mol. The lowest BCUT2D eigenvalue weighted by molar-refractivity contribution is -0.120. The van der Waals surface area contributed by atoms with Crippen molar-refractivity contribution >= 4 is 14.8 Å². The van der Waals surface area contributed by atoms with Crippen LogP contribution in [0.5, 0.6) is 0 Å². The Morgan fingerprint density at radius 3 is 2.52 bits per heavy atom. The zero-order valence-electron chi connectivity index (χ0n) is 21.3. The molecule has 8 atom stereocenters. The van der Waals surface area contributed by atoms with E-state index >= 15 is 0 Å². The third-order valence-electron chi connectivity index (χ3n) is 10.5. The van der Waals surface area contributed by atoms with Gasteiger partial charge >= 0.3 is 0 Å². The van der Waals surface area contributed by atoms with Crippen molar-refractivity contribution in [2.45, 2.75) is 86.7 Å². The summed E-state index contributed by atoms with van der Waals surface area (Å²) in [5.41, 5.74) is 2.21. The fraction of sp³-hybridized carbons (Fsp3) is 0.821. The summed E-state index contributed by atoms with van der Waals surface area (Å²) in [7, 11) is -1.10. The molecule has 0 aromatic rings. The van der Waals surface area contributed by atoms with E-state index in [0.717, 1.165) is 24.4 Å². The topological polar surface area (TPSA) is 26.3 Å². The van der Waals surface area contributed by atoms with Crippen molar-refractivity contribution in [1.29, 1.82) is 0 Å². The first-order valence-corrected chi connectivity index (χ1v) is 15.7. The molecule has 2 fully saturated rings. The predicted octanol–water partition coefficient (Wildman–Crippen LogP) is 6.82. The van der Waals surface area contributed by atoms with E-state index in [1.165, 1.54) is 31.3 Å². The van der Waals surface area contributed by atoms with Crippen molar-refractivity contribution < 1.29 is 9.22 Å². The summed E-state index contributed by atoms with van der Waals surface area (Å²) in [5, 5.41) is 0. The number of carbonyl (C=O) groups excluding carboxylic acids is 1. The molecule has 0 saturated heterocycles. The Morgan fingerprint density at radius 1 is 1.16 bits per heavy atom. The standard InChI is InChI=1S/C28H46O2Si/c1-18(26(2,3)4)23-11-12-24-22-10-9-19-15-21(29)16-20(17-30-31(7)8)28(19,6)25(22)13-14-27(23,24)5/h9-10,15,18,20,22-25,31H,11-14,16-17H2,1-8H3/t18-,20?,22-,23+,24-,25-,27+,28+/m0/s1. The lowest BCUT2D eigenvalue weighted by Gasteiger charge is -2.59. The van der Waals surface area contributed by atoms with Crippen molar-refractivity contribution in [3.8, 4) is 0 Å². The van der Waals surface area contributed by atoms with Crippen LogP contribution >= 0.6 is 0 Å². The Hall–Kier alpha value is -0.673. The van der Waals surface area contributed by atoms with E-state index in [2.05, 4.69) is 66.8 Å². The Labute approximate surface area is 193 Å². The van der Waals surface area contributed by atoms with Gasteiger partial charge in [0, 0.05) is 18.4 Å². The minimum Gasteiger partial charge on any atom is -0.420 e. The first-order valence-electron chi connectivity index (χ1n) is 12.9. The number of carbonyl (C=O) groups is 1. The van der Waals surface area contributed by atoms with Gasteiger partial charge in [0.2, 0.25) is 0 Å². The van der Waals surface area contributed by atoms with Crippen LogP contribution in [0, 0.1) is 51.8 Å². The first kappa shape index (κ1) is 23.5. The van der Waals surface area contributed by atoms with Gasteiger partial charge in [-0.2, -0.15) is 0 Å². The smallest absolute Gasteiger partial charge is 0.170 e. The van der Waals surface area contributed by atoms with Crippen LogP contribution in [0.25, 0.3) is 0 Å². The second kappa shape index (κ2) is 7.97. The van der Waals surface area contributed by atoms with Crippen molar-refractivity contribution in [2.24, 2.45) is 51.8 Å². The van der Waals surface area contributed by atoms with E-state index < -0.39 is 9.04 Å². The Balaban J connectivity index is 1.66. The van der Waals surface area contributed by atoms with Gasteiger partial charge in [0.05, 0.1) is 0 Å². The molecule has 31 heavy (non-hydrogen) atoms. The largest absolute Gasteiger partial charge is 0.420 e. The van der Waals surface area contributed by atoms with Crippen LogP contribution in [0.4, 0.5) is 0 Å². The molecule has 4 rings (SSSR count). The van der Waals surface area contributed by atoms with Crippen molar-refractivity contribution in [1.82, 2.24) is 0 Å². The minimum atomic E-state index is -1.10. The van der Waals surface area contributed by atoms with E-state index in [9.17, 15) is 4.79 Å². The molecule has 0 bridgehead atoms. The first-order chi connectivity index (χ1) is 14.4. The number of fused-ring (bicyclic) bond motifs is 5. The molecular formula is C28H46O2Si. The van der Waals surface area contributed by atoms with E-state index in [1.807, 2.05) is 6.08 Å². The molecule has 3 heteroatoms. The maximum Gasteiger partial charge on any atom is 0.170 e. The van der Waals surface area contributed by atoms with Gasteiger partial charge in [-0.25, -0.2) is 0 Å². The summed E-state index contributed by atoms with van der Waals surface area (Å²) >= 11 is 0. The van der Waals surface area contributed by atoms with Gasteiger partial charge in [-0.3, -0.25) is 4.79 Å². The summed E-state index contributed by atoms with van der Waals surface area (Å²) in [6, 6.07) is 0. The molecule has 1 unspecified atom stereocenters. The third-order valence-corrected chi connectivity index (χ3v) is 11.4. The molecule has 0 aromatic carbocycles. The van der Waals surface area contributed by atoms with Crippen LogP contribution in [-0.2, 0) is 9.22 Å².